The van der Waals surface area contributed by atoms with Crippen LogP contribution >= 0.6 is 11.8 Å². The normalized spacial score (nSPS) is 13.6. The van der Waals surface area contributed by atoms with Crippen molar-refractivity contribution in [1.82, 2.24) is 0 Å². The van der Waals surface area contributed by atoms with E-state index in [0.29, 0.717) is 12.0 Å². The van der Waals surface area contributed by atoms with Crippen molar-refractivity contribution in [3.63, 3.8) is 0 Å². The minimum Gasteiger partial charge on any atom is -0.327 e. The van der Waals surface area contributed by atoms with E-state index in [1.54, 1.807) is 17.8 Å². The minimum absolute atomic E-state index is 0.0926. The van der Waals surface area contributed by atoms with Crippen molar-refractivity contribution >= 4 is 11.8 Å². The van der Waals surface area contributed by atoms with Gasteiger partial charge in [-0.1, -0.05) is 25.1 Å². The molecule has 1 aromatic carbocycles. The van der Waals surface area contributed by atoms with E-state index in [4.69, 9.17) is 5.73 Å². The molecule has 0 aliphatic heterocycles. The summed E-state index contributed by atoms with van der Waals surface area (Å²) in [5, 5.41) is 0. The first-order chi connectivity index (χ1) is 8.43. The second-order valence-corrected chi connectivity index (χ2v) is 5.39. The van der Waals surface area contributed by atoms with Gasteiger partial charge >= 0.3 is 6.18 Å². The fraction of sp³-hybridized carbons (Fsp3) is 0.538. The molecule has 102 valence electrons. The molecule has 0 aliphatic carbocycles. The number of halogens is 3. The Morgan fingerprint density at radius 2 is 2.06 bits per heavy atom. The Hall–Kier alpha value is -0.680. The fourth-order valence-electron chi connectivity index (χ4n) is 1.62. The van der Waals surface area contributed by atoms with Crippen molar-refractivity contribution < 1.29 is 13.2 Å². The Morgan fingerprint density at radius 1 is 1.33 bits per heavy atom. The van der Waals surface area contributed by atoms with Gasteiger partial charge in [0.15, 0.2) is 0 Å². The average molecular weight is 277 g/mol. The maximum Gasteiger partial charge on any atom is 0.416 e. The monoisotopic (exact) mass is 277 g/mol. The predicted octanol–water partition coefficient (Wildman–Crippen LogP) is 3.72. The van der Waals surface area contributed by atoms with E-state index in [-0.39, 0.29) is 6.04 Å². The molecule has 1 nitrogen and oxygen atoms in total. The number of benzene rings is 1. The summed E-state index contributed by atoms with van der Waals surface area (Å²) in [6, 6.07) is 5.31. The number of alkyl halides is 3. The van der Waals surface area contributed by atoms with E-state index < -0.39 is 11.7 Å². The second kappa shape index (κ2) is 7.04. The van der Waals surface area contributed by atoms with Crippen molar-refractivity contribution in [2.75, 3.05) is 11.5 Å². The highest BCUT2D eigenvalue weighted by Crippen LogP contribution is 2.29. The molecule has 2 N–H and O–H groups in total. The highest BCUT2D eigenvalue weighted by molar-refractivity contribution is 7.99. The van der Waals surface area contributed by atoms with Gasteiger partial charge < -0.3 is 5.73 Å². The molecular weight excluding hydrogens is 259 g/mol. The van der Waals surface area contributed by atoms with Gasteiger partial charge in [-0.05, 0) is 30.2 Å². The Balaban J connectivity index is 2.57. The predicted molar refractivity (Wildman–Crippen MR) is 70.7 cm³/mol. The van der Waals surface area contributed by atoms with Crippen molar-refractivity contribution in [3.05, 3.63) is 35.4 Å². The molecule has 1 atom stereocenters. The molecular formula is C13H18F3NS. The molecule has 1 aromatic rings. The zero-order valence-electron chi connectivity index (χ0n) is 10.3. The Morgan fingerprint density at radius 3 is 2.67 bits per heavy atom. The summed E-state index contributed by atoms with van der Waals surface area (Å²) < 4.78 is 37.6. The number of nitrogens with two attached hydrogens (primary N) is 1. The van der Waals surface area contributed by atoms with Crippen LogP contribution in [0.3, 0.4) is 0 Å². The van der Waals surface area contributed by atoms with Gasteiger partial charge in [-0.15, -0.1) is 0 Å². The van der Waals surface area contributed by atoms with Crippen LogP contribution in [0.25, 0.3) is 0 Å². The van der Waals surface area contributed by atoms with Gasteiger partial charge in [0.05, 0.1) is 5.56 Å². The molecule has 1 rings (SSSR count). The lowest BCUT2D eigenvalue weighted by Gasteiger charge is -2.13. The highest BCUT2D eigenvalue weighted by atomic mass is 32.2. The zero-order valence-corrected chi connectivity index (χ0v) is 11.2. The third-order valence-electron chi connectivity index (χ3n) is 2.43. The summed E-state index contributed by atoms with van der Waals surface area (Å²) in [6.07, 6.45) is -2.71. The molecule has 0 saturated carbocycles. The van der Waals surface area contributed by atoms with Crippen LogP contribution < -0.4 is 5.73 Å². The third kappa shape index (κ3) is 5.31. The van der Waals surface area contributed by atoms with Gasteiger partial charge in [-0.25, -0.2) is 0 Å². The van der Waals surface area contributed by atoms with E-state index in [1.165, 1.54) is 12.1 Å². The van der Waals surface area contributed by atoms with E-state index in [9.17, 15) is 13.2 Å². The van der Waals surface area contributed by atoms with E-state index in [1.807, 2.05) is 0 Å². The number of thioether (sulfide) groups is 1. The van der Waals surface area contributed by atoms with E-state index >= 15 is 0 Å². The molecule has 0 bridgehead atoms. The van der Waals surface area contributed by atoms with Gasteiger partial charge in [0.1, 0.15) is 0 Å². The maximum atomic E-state index is 12.5. The third-order valence-corrected chi connectivity index (χ3v) is 3.79. The first-order valence-electron chi connectivity index (χ1n) is 5.93. The van der Waals surface area contributed by atoms with Gasteiger partial charge in [0.2, 0.25) is 0 Å². The van der Waals surface area contributed by atoms with Crippen molar-refractivity contribution in [3.8, 4) is 0 Å². The van der Waals surface area contributed by atoms with Crippen LogP contribution in [0.4, 0.5) is 13.2 Å². The van der Waals surface area contributed by atoms with Crippen LogP contribution in [0, 0.1) is 0 Å². The quantitative estimate of drug-likeness (QED) is 0.802. The fourth-order valence-corrected chi connectivity index (χ4v) is 2.49. The van der Waals surface area contributed by atoms with Gasteiger partial charge in [0, 0.05) is 11.8 Å². The lowest BCUT2D eigenvalue weighted by Crippen LogP contribution is -2.26. The van der Waals surface area contributed by atoms with Crippen LogP contribution in [0.1, 0.15) is 24.5 Å². The number of hydrogen-bond acceptors (Lipinski definition) is 2. The first-order valence-corrected chi connectivity index (χ1v) is 7.08. The van der Waals surface area contributed by atoms with Crippen molar-refractivity contribution in [1.29, 1.82) is 0 Å². The van der Waals surface area contributed by atoms with E-state index in [0.717, 1.165) is 24.0 Å². The highest BCUT2D eigenvalue weighted by Gasteiger charge is 2.30. The zero-order chi connectivity index (χ0) is 13.6. The Kier molecular flexibility index (Phi) is 6.02. The van der Waals surface area contributed by atoms with Crippen molar-refractivity contribution in [2.45, 2.75) is 32.0 Å². The van der Waals surface area contributed by atoms with Crippen LogP contribution in [-0.2, 0) is 12.6 Å². The minimum atomic E-state index is -4.28. The molecule has 0 aromatic heterocycles. The molecule has 0 fully saturated rings. The van der Waals surface area contributed by atoms with Crippen molar-refractivity contribution in [2.24, 2.45) is 5.73 Å². The summed E-state index contributed by atoms with van der Waals surface area (Å²) >= 11 is 1.74. The average Bonchev–Trinajstić information content (AvgIpc) is 2.28. The van der Waals surface area contributed by atoms with Gasteiger partial charge in [-0.3, -0.25) is 0 Å². The molecule has 5 heteroatoms. The molecule has 18 heavy (non-hydrogen) atoms. The summed E-state index contributed by atoms with van der Waals surface area (Å²) in [7, 11) is 0. The number of hydrogen-bond donors (Lipinski definition) is 1. The summed E-state index contributed by atoms with van der Waals surface area (Å²) in [4.78, 5) is 0. The van der Waals surface area contributed by atoms with Crippen LogP contribution in [0.15, 0.2) is 24.3 Å². The van der Waals surface area contributed by atoms with E-state index in [2.05, 4.69) is 6.92 Å². The van der Waals surface area contributed by atoms with Gasteiger partial charge in [-0.2, -0.15) is 24.9 Å². The molecule has 0 spiro atoms. The molecule has 0 aliphatic rings. The standard InChI is InChI=1S/C13H18F3NS/c1-2-6-18-9-12(17)8-10-4-3-5-11(7-10)13(14,15)16/h3-5,7,12H,2,6,8-9,17H2,1H3. The maximum absolute atomic E-state index is 12.5. The van der Waals surface area contributed by atoms with Crippen LogP contribution in [-0.4, -0.2) is 17.5 Å². The van der Waals surface area contributed by atoms with Crippen LogP contribution in [0.5, 0.6) is 0 Å². The Bertz CT molecular complexity index is 365. The lowest BCUT2D eigenvalue weighted by atomic mass is 10.0. The first kappa shape index (κ1) is 15.4. The molecule has 0 radical (unpaired) electrons. The second-order valence-electron chi connectivity index (χ2n) is 4.24. The SMILES string of the molecule is CCCSCC(N)Cc1cccc(C(F)(F)F)c1. The summed E-state index contributed by atoms with van der Waals surface area (Å²) in [5.74, 6) is 1.82. The lowest BCUT2D eigenvalue weighted by molar-refractivity contribution is -0.137. The molecule has 0 saturated heterocycles. The number of rotatable bonds is 6. The molecule has 0 amide bonds. The van der Waals surface area contributed by atoms with Gasteiger partial charge in [0.25, 0.3) is 0 Å². The smallest absolute Gasteiger partial charge is 0.327 e. The Labute approximate surface area is 110 Å². The summed E-state index contributed by atoms with van der Waals surface area (Å²) in [6.45, 7) is 2.09. The molecule has 1 unspecified atom stereocenters. The topological polar surface area (TPSA) is 26.0 Å². The van der Waals surface area contributed by atoms with Crippen LogP contribution in [0.2, 0.25) is 0 Å². The molecule has 0 heterocycles. The largest absolute Gasteiger partial charge is 0.416 e. The summed E-state index contributed by atoms with van der Waals surface area (Å²) in [5.41, 5.74) is 5.95.